The van der Waals surface area contributed by atoms with E-state index in [1.54, 1.807) is 12.1 Å². The van der Waals surface area contributed by atoms with Crippen LogP contribution in [-0.4, -0.2) is 0 Å². The predicted octanol–water partition coefficient (Wildman–Crippen LogP) is 3.52. The molecule has 0 unspecified atom stereocenters. The Morgan fingerprint density at radius 1 is 0.944 bits per heavy atom. The maximum Gasteiger partial charge on any atom is 0.127 e. The van der Waals surface area contributed by atoms with Crippen molar-refractivity contribution in [1.82, 2.24) is 0 Å². The van der Waals surface area contributed by atoms with Gasteiger partial charge >= 0.3 is 0 Å². The van der Waals surface area contributed by atoms with E-state index >= 15 is 0 Å². The van der Waals surface area contributed by atoms with Gasteiger partial charge in [0.2, 0.25) is 0 Å². The molecule has 0 aliphatic rings. The van der Waals surface area contributed by atoms with E-state index in [1.807, 2.05) is 36.4 Å². The van der Waals surface area contributed by atoms with Crippen LogP contribution in [0.1, 0.15) is 12.0 Å². The van der Waals surface area contributed by atoms with E-state index in [0.29, 0.717) is 12.1 Å². The van der Waals surface area contributed by atoms with Crippen molar-refractivity contribution in [1.29, 1.82) is 5.26 Å². The molecule has 3 nitrogen and oxygen atoms in total. The second kappa shape index (κ2) is 5.74. The Kier molecular flexibility index (Phi) is 3.83. The first-order valence-electron chi connectivity index (χ1n) is 5.77. The van der Waals surface area contributed by atoms with Crippen molar-refractivity contribution < 1.29 is 4.74 Å². The number of nitriles is 1. The number of hydrogen-bond donors (Lipinski definition) is 1. The van der Waals surface area contributed by atoms with Crippen molar-refractivity contribution in [3.05, 3.63) is 54.1 Å². The zero-order valence-corrected chi connectivity index (χ0v) is 9.97. The topological polar surface area (TPSA) is 59.0 Å². The average Bonchev–Trinajstić information content (AvgIpc) is 2.41. The molecule has 0 aromatic heterocycles. The van der Waals surface area contributed by atoms with Gasteiger partial charge in [-0.1, -0.05) is 12.1 Å². The molecule has 0 spiro atoms. The predicted molar refractivity (Wildman–Crippen MR) is 71.3 cm³/mol. The van der Waals surface area contributed by atoms with Gasteiger partial charge in [0.1, 0.15) is 11.5 Å². The van der Waals surface area contributed by atoms with Crippen molar-refractivity contribution in [2.24, 2.45) is 0 Å². The molecular weight excluding hydrogens is 224 g/mol. The van der Waals surface area contributed by atoms with E-state index in [-0.39, 0.29) is 0 Å². The molecule has 0 fully saturated rings. The molecule has 2 aromatic carbocycles. The van der Waals surface area contributed by atoms with Crippen LogP contribution in [0.3, 0.4) is 0 Å². The summed E-state index contributed by atoms with van der Waals surface area (Å²) in [7, 11) is 0. The molecule has 0 saturated heterocycles. The first-order valence-corrected chi connectivity index (χ1v) is 5.77. The molecule has 2 N–H and O–H groups in total. The Labute approximate surface area is 106 Å². The van der Waals surface area contributed by atoms with Gasteiger partial charge in [-0.3, -0.25) is 0 Å². The molecule has 2 aromatic rings. The Hall–Kier alpha value is -2.47. The molecular formula is C15H14N2O. The van der Waals surface area contributed by atoms with E-state index in [2.05, 4.69) is 6.07 Å². The highest BCUT2D eigenvalue weighted by Gasteiger charge is 1.98. The summed E-state index contributed by atoms with van der Waals surface area (Å²) in [5.74, 6) is 1.54. The van der Waals surface area contributed by atoms with E-state index < -0.39 is 0 Å². The largest absolute Gasteiger partial charge is 0.457 e. The normalized spacial score (nSPS) is 9.72. The molecule has 0 atom stereocenters. The maximum absolute atomic E-state index is 8.51. The van der Waals surface area contributed by atoms with Crippen LogP contribution in [0.5, 0.6) is 11.5 Å². The van der Waals surface area contributed by atoms with Gasteiger partial charge in [0, 0.05) is 12.1 Å². The minimum absolute atomic E-state index is 0.540. The van der Waals surface area contributed by atoms with Crippen LogP contribution in [0.2, 0.25) is 0 Å². The number of nitrogens with zero attached hydrogens (tertiary/aromatic N) is 1. The molecule has 18 heavy (non-hydrogen) atoms. The highest BCUT2D eigenvalue weighted by molar-refractivity contribution is 5.43. The average molecular weight is 238 g/mol. The molecule has 0 saturated carbocycles. The highest BCUT2D eigenvalue weighted by Crippen LogP contribution is 2.22. The minimum atomic E-state index is 0.540. The second-order valence-corrected chi connectivity index (χ2v) is 3.97. The lowest BCUT2D eigenvalue weighted by Gasteiger charge is -2.06. The monoisotopic (exact) mass is 238 g/mol. The van der Waals surface area contributed by atoms with E-state index in [1.165, 1.54) is 0 Å². The Morgan fingerprint density at radius 3 is 2.06 bits per heavy atom. The number of aryl methyl sites for hydroxylation is 1. The molecule has 0 aliphatic carbocycles. The van der Waals surface area contributed by atoms with Gasteiger partial charge < -0.3 is 10.5 Å². The number of nitrogens with two attached hydrogens (primary N) is 1. The third-order valence-corrected chi connectivity index (χ3v) is 2.56. The van der Waals surface area contributed by atoms with Crippen LogP contribution in [0.4, 0.5) is 5.69 Å². The third-order valence-electron chi connectivity index (χ3n) is 2.56. The third kappa shape index (κ3) is 3.26. The van der Waals surface area contributed by atoms with Gasteiger partial charge in [-0.2, -0.15) is 5.26 Å². The number of ether oxygens (including phenoxy) is 1. The summed E-state index contributed by atoms with van der Waals surface area (Å²) >= 11 is 0. The van der Waals surface area contributed by atoms with Crippen LogP contribution in [-0.2, 0) is 6.42 Å². The van der Waals surface area contributed by atoms with Crippen LogP contribution in [0.15, 0.2) is 48.5 Å². The zero-order chi connectivity index (χ0) is 12.8. The lowest BCUT2D eigenvalue weighted by Crippen LogP contribution is -1.88. The number of nitrogen functional groups attached to an aromatic ring is 1. The Bertz CT molecular complexity index is 538. The lowest BCUT2D eigenvalue weighted by molar-refractivity contribution is 0.482. The first-order chi connectivity index (χ1) is 8.78. The summed E-state index contributed by atoms with van der Waals surface area (Å²) in [6, 6.07) is 17.2. The summed E-state index contributed by atoms with van der Waals surface area (Å²) < 4.78 is 5.67. The van der Waals surface area contributed by atoms with Crippen molar-refractivity contribution >= 4 is 5.69 Å². The fourth-order valence-electron chi connectivity index (χ4n) is 1.60. The van der Waals surface area contributed by atoms with Gasteiger partial charge in [0.05, 0.1) is 6.07 Å². The number of hydrogen-bond acceptors (Lipinski definition) is 3. The van der Waals surface area contributed by atoms with Gasteiger partial charge in [-0.15, -0.1) is 0 Å². The van der Waals surface area contributed by atoms with Crippen LogP contribution >= 0.6 is 0 Å². The summed E-state index contributed by atoms with van der Waals surface area (Å²) in [4.78, 5) is 0. The van der Waals surface area contributed by atoms with Crippen molar-refractivity contribution in [3.8, 4) is 17.6 Å². The summed E-state index contributed by atoms with van der Waals surface area (Å²) in [6.07, 6.45) is 1.32. The molecule has 0 aliphatic heterocycles. The first kappa shape index (κ1) is 12.0. The standard InChI is InChI=1S/C15H14N2O/c16-11-1-2-12-3-7-14(8-4-12)18-15-9-5-13(17)6-10-15/h3-10H,1-2,17H2. The fraction of sp³-hybridized carbons (Fsp3) is 0.133. The Morgan fingerprint density at radius 2 is 1.50 bits per heavy atom. The smallest absolute Gasteiger partial charge is 0.127 e. The van der Waals surface area contributed by atoms with Gasteiger partial charge in [-0.25, -0.2) is 0 Å². The second-order valence-electron chi connectivity index (χ2n) is 3.97. The number of benzene rings is 2. The fourth-order valence-corrected chi connectivity index (χ4v) is 1.60. The Balaban J connectivity index is 2.02. The lowest BCUT2D eigenvalue weighted by atomic mass is 10.1. The molecule has 0 radical (unpaired) electrons. The molecule has 0 heterocycles. The van der Waals surface area contributed by atoms with Gasteiger partial charge in [-0.05, 0) is 48.4 Å². The van der Waals surface area contributed by atoms with Crippen LogP contribution in [0.25, 0.3) is 0 Å². The van der Waals surface area contributed by atoms with Crippen molar-refractivity contribution in [3.63, 3.8) is 0 Å². The zero-order valence-electron chi connectivity index (χ0n) is 9.97. The molecule has 0 bridgehead atoms. The summed E-state index contributed by atoms with van der Waals surface area (Å²) in [6.45, 7) is 0. The van der Waals surface area contributed by atoms with Crippen molar-refractivity contribution in [2.75, 3.05) is 5.73 Å². The van der Waals surface area contributed by atoms with E-state index in [0.717, 1.165) is 23.5 Å². The molecule has 3 heteroatoms. The minimum Gasteiger partial charge on any atom is -0.457 e. The van der Waals surface area contributed by atoms with E-state index in [9.17, 15) is 0 Å². The molecule has 2 rings (SSSR count). The van der Waals surface area contributed by atoms with Crippen molar-refractivity contribution in [2.45, 2.75) is 12.8 Å². The summed E-state index contributed by atoms with van der Waals surface area (Å²) in [5.41, 5.74) is 7.46. The number of rotatable bonds is 4. The summed E-state index contributed by atoms with van der Waals surface area (Å²) in [5, 5.41) is 8.51. The van der Waals surface area contributed by atoms with E-state index in [4.69, 9.17) is 15.7 Å². The van der Waals surface area contributed by atoms with Gasteiger partial charge in [0.25, 0.3) is 0 Å². The maximum atomic E-state index is 8.51. The number of anilines is 1. The van der Waals surface area contributed by atoms with Crippen LogP contribution < -0.4 is 10.5 Å². The quantitative estimate of drug-likeness (QED) is 0.829. The molecule has 0 amide bonds. The van der Waals surface area contributed by atoms with Crippen LogP contribution in [0, 0.1) is 11.3 Å². The highest BCUT2D eigenvalue weighted by atomic mass is 16.5. The SMILES string of the molecule is N#CCCc1ccc(Oc2ccc(N)cc2)cc1. The van der Waals surface area contributed by atoms with Gasteiger partial charge in [0.15, 0.2) is 0 Å². The molecule has 90 valence electrons.